The predicted molar refractivity (Wildman–Crippen MR) is 101 cm³/mol. The maximum atomic E-state index is 14.3. The van der Waals surface area contributed by atoms with Crippen LogP contribution in [0.5, 0.6) is 0 Å². The number of fused-ring (bicyclic) bond motifs is 1. The molecule has 11 heteroatoms. The lowest BCUT2D eigenvalue weighted by atomic mass is 10.0. The number of aromatic amines is 1. The summed E-state index contributed by atoms with van der Waals surface area (Å²) in [6.45, 7) is 1.16. The summed E-state index contributed by atoms with van der Waals surface area (Å²) in [5.41, 5.74) is 4.88. The van der Waals surface area contributed by atoms with Gasteiger partial charge in [0.1, 0.15) is 36.3 Å². The molecule has 0 saturated carbocycles. The van der Waals surface area contributed by atoms with E-state index in [0.717, 1.165) is 12.1 Å². The molecule has 0 aliphatic rings. The molecule has 4 N–H and O–H groups in total. The zero-order chi connectivity index (χ0) is 20.4. The number of nitrogens with zero attached hydrogens (tertiary/aromatic N) is 5. The van der Waals surface area contributed by atoms with Gasteiger partial charge in [-0.2, -0.15) is 5.10 Å². The van der Waals surface area contributed by atoms with E-state index in [4.69, 9.17) is 5.73 Å². The largest absolute Gasteiger partial charge is 0.396 e. The van der Waals surface area contributed by atoms with Crippen LogP contribution in [0.4, 0.5) is 20.3 Å². The Hall–Kier alpha value is -3.89. The van der Waals surface area contributed by atoms with Gasteiger partial charge in [-0.25, -0.2) is 23.7 Å². The molecular formula is C18H16F2N8O. The number of benzene rings is 1. The number of aromatic nitrogens is 6. The lowest BCUT2D eigenvalue weighted by molar-refractivity contribution is 0.103. The number of aryl methyl sites for hydroxylation is 1. The van der Waals surface area contributed by atoms with E-state index in [1.807, 2.05) is 0 Å². The fourth-order valence-electron chi connectivity index (χ4n) is 2.98. The van der Waals surface area contributed by atoms with Crippen molar-refractivity contribution in [1.29, 1.82) is 0 Å². The molecule has 4 aromatic rings. The summed E-state index contributed by atoms with van der Waals surface area (Å²) in [4.78, 5) is 27.9. The van der Waals surface area contributed by atoms with Gasteiger partial charge in [0.05, 0.1) is 22.2 Å². The fourth-order valence-corrected chi connectivity index (χ4v) is 2.98. The highest BCUT2D eigenvalue weighted by Crippen LogP contribution is 2.28. The number of carbonyl (C=O) groups excluding carboxylic acids is 1. The van der Waals surface area contributed by atoms with Crippen molar-refractivity contribution in [2.45, 2.75) is 13.0 Å². The minimum Gasteiger partial charge on any atom is -0.396 e. The zero-order valence-corrected chi connectivity index (χ0v) is 15.1. The Balaban J connectivity index is 1.62. The molecule has 0 radical (unpaired) electrons. The molecule has 3 heterocycles. The highest BCUT2D eigenvalue weighted by Gasteiger charge is 2.25. The third kappa shape index (κ3) is 3.49. The van der Waals surface area contributed by atoms with Gasteiger partial charge in [-0.15, -0.1) is 0 Å². The molecule has 0 atom stereocenters. The van der Waals surface area contributed by atoms with Gasteiger partial charge in [0.2, 0.25) is 5.78 Å². The van der Waals surface area contributed by atoms with Gasteiger partial charge in [0.25, 0.3) is 0 Å². The smallest absolute Gasteiger partial charge is 0.201 e. The predicted octanol–water partition coefficient (Wildman–Crippen LogP) is 2.14. The molecule has 0 aliphatic heterocycles. The first-order valence-electron chi connectivity index (χ1n) is 8.72. The Morgan fingerprint density at radius 1 is 1.24 bits per heavy atom. The van der Waals surface area contributed by atoms with Crippen LogP contribution in [0.2, 0.25) is 0 Å². The Kier molecular flexibility index (Phi) is 4.85. The molecule has 0 bridgehead atoms. The molecule has 0 unspecified atom stereocenters. The molecule has 0 spiro atoms. The Bertz CT molecular complexity index is 1170. The van der Waals surface area contributed by atoms with E-state index in [-0.39, 0.29) is 11.3 Å². The average molecular weight is 398 g/mol. The van der Waals surface area contributed by atoms with Crippen molar-refractivity contribution in [3.8, 4) is 0 Å². The second-order valence-corrected chi connectivity index (χ2v) is 6.24. The van der Waals surface area contributed by atoms with Crippen LogP contribution in [0.1, 0.15) is 22.3 Å². The molecular weight excluding hydrogens is 382 g/mol. The average Bonchev–Trinajstić information content (AvgIpc) is 3.38. The van der Waals surface area contributed by atoms with Crippen molar-refractivity contribution in [1.82, 2.24) is 29.7 Å². The monoisotopic (exact) mass is 398 g/mol. The Morgan fingerprint density at radius 3 is 2.90 bits per heavy atom. The standard InChI is InChI=1S/C18H16F2N8O/c19-11-2-3-12(21)15(20)14(11)16(29)10-6-24-18-13(10)17(25-8-26-18)23-4-1-5-28-9-22-7-27-28/h2-3,6-9H,1,4-5,21H2,(H2,23,24,25,26). The van der Waals surface area contributed by atoms with Crippen molar-refractivity contribution in [3.63, 3.8) is 0 Å². The first-order valence-corrected chi connectivity index (χ1v) is 8.72. The molecule has 4 rings (SSSR count). The van der Waals surface area contributed by atoms with E-state index >= 15 is 0 Å². The number of rotatable bonds is 7. The third-order valence-electron chi connectivity index (χ3n) is 4.39. The lowest BCUT2D eigenvalue weighted by Gasteiger charge is -2.09. The number of hydrogen-bond acceptors (Lipinski definition) is 7. The van der Waals surface area contributed by atoms with Crippen LogP contribution >= 0.6 is 0 Å². The zero-order valence-electron chi connectivity index (χ0n) is 15.1. The van der Waals surface area contributed by atoms with Crippen molar-refractivity contribution >= 4 is 28.3 Å². The third-order valence-corrected chi connectivity index (χ3v) is 4.39. The summed E-state index contributed by atoms with van der Waals surface area (Å²) in [6.07, 6.45) is 6.45. The number of hydrogen-bond donors (Lipinski definition) is 3. The summed E-state index contributed by atoms with van der Waals surface area (Å²) in [6, 6.07) is 2.03. The second-order valence-electron chi connectivity index (χ2n) is 6.24. The van der Waals surface area contributed by atoms with Crippen molar-refractivity contribution in [2.24, 2.45) is 0 Å². The highest BCUT2D eigenvalue weighted by atomic mass is 19.1. The number of H-pyrrole nitrogens is 1. The fraction of sp³-hybridized carbons (Fsp3) is 0.167. The van der Waals surface area contributed by atoms with Crippen LogP contribution < -0.4 is 11.1 Å². The van der Waals surface area contributed by atoms with Gasteiger partial charge in [-0.05, 0) is 18.6 Å². The summed E-state index contributed by atoms with van der Waals surface area (Å²) in [7, 11) is 0. The maximum Gasteiger partial charge on any atom is 0.201 e. The van der Waals surface area contributed by atoms with Gasteiger partial charge in [-0.3, -0.25) is 9.48 Å². The van der Waals surface area contributed by atoms with Crippen LogP contribution in [0.3, 0.4) is 0 Å². The SMILES string of the molecule is Nc1ccc(F)c(C(=O)c2c[nH]c3ncnc(NCCCn4cncn4)c23)c1F. The lowest BCUT2D eigenvalue weighted by Crippen LogP contribution is -2.11. The van der Waals surface area contributed by atoms with Gasteiger partial charge in [0, 0.05) is 19.3 Å². The second kappa shape index (κ2) is 7.62. The van der Waals surface area contributed by atoms with E-state index in [1.165, 1.54) is 18.9 Å². The minimum atomic E-state index is -1.09. The highest BCUT2D eigenvalue weighted by molar-refractivity contribution is 6.18. The van der Waals surface area contributed by atoms with Gasteiger partial charge in [-0.1, -0.05) is 0 Å². The molecule has 3 aromatic heterocycles. The van der Waals surface area contributed by atoms with Crippen molar-refractivity contribution in [3.05, 3.63) is 60.1 Å². The molecule has 0 fully saturated rings. The van der Waals surface area contributed by atoms with Gasteiger partial charge >= 0.3 is 0 Å². The molecule has 0 aliphatic carbocycles. The maximum absolute atomic E-state index is 14.3. The number of carbonyl (C=O) groups is 1. The van der Waals surface area contributed by atoms with Crippen LogP contribution in [0, 0.1) is 11.6 Å². The molecule has 9 nitrogen and oxygen atoms in total. The number of nitrogens with one attached hydrogen (secondary N) is 2. The van der Waals surface area contributed by atoms with E-state index in [9.17, 15) is 13.6 Å². The van der Waals surface area contributed by atoms with Crippen molar-refractivity contribution in [2.75, 3.05) is 17.6 Å². The van der Waals surface area contributed by atoms with Crippen molar-refractivity contribution < 1.29 is 13.6 Å². The van der Waals surface area contributed by atoms with Crippen LogP contribution in [0.15, 0.2) is 37.3 Å². The number of nitrogen functional groups attached to an aromatic ring is 1. The molecule has 148 valence electrons. The van der Waals surface area contributed by atoms with E-state index in [2.05, 4.69) is 30.4 Å². The summed E-state index contributed by atoms with van der Waals surface area (Å²) < 4.78 is 30.2. The summed E-state index contributed by atoms with van der Waals surface area (Å²) in [5, 5.41) is 7.49. The summed E-state index contributed by atoms with van der Waals surface area (Å²) >= 11 is 0. The van der Waals surface area contributed by atoms with E-state index < -0.39 is 23.0 Å². The number of anilines is 2. The number of nitrogens with two attached hydrogens (primary N) is 1. The summed E-state index contributed by atoms with van der Waals surface area (Å²) in [5.74, 6) is -2.55. The van der Waals surface area contributed by atoms with Gasteiger partial charge < -0.3 is 16.0 Å². The van der Waals surface area contributed by atoms with Gasteiger partial charge in [0.15, 0.2) is 5.82 Å². The number of halogens is 2. The minimum absolute atomic E-state index is 0.0442. The first kappa shape index (κ1) is 18.5. The first-order chi connectivity index (χ1) is 14.1. The van der Waals surface area contributed by atoms with Crippen LogP contribution in [-0.4, -0.2) is 42.0 Å². The molecule has 0 saturated heterocycles. The van der Waals surface area contributed by atoms with E-state index in [0.29, 0.717) is 36.4 Å². The number of ketones is 1. The molecule has 29 heavy (non-hydrogen) atoms. The quantitative estimate of drug-likeness (QED) is 0.247. The normalized spacial score (nSPS) is 11.1. The molecule has 0 amide bonds. The van der Waals surface area contributed by atoms with Crippen LogP contribution in [-0.2, 0) is 6.54 Å². The molecule has 1 aromatic carbocycles. The van der Waals surface area contributed by atoms with Crippen LogP contribution in [0.25, 0.3) is 11.0 Å². The Morgan fingerprint density at radius 2 is 2.10 bits per heavy atom. The Labute approximate surface area is 163 Å². The topological polar surface area (TPSA) is 127 Å². The van der Waals surface area contributed by atoms with E-state index in [1.54, 1.807) is 11.0 Å².